The number of hydrogen-bond acceptors (Lipinski definition) is 4. The van der Waals surface area contributed by atoms with Crippen molar-refractivity contribution >= 4 is 0 Å². The maximum atomic E-state index is 5.87. The summed E-state index contributed by atoms with van der Waals surface area (Å²) in [4.78, 5) is 2.35. The molecule has 1 heterocycles. The second kappa shape index (κ2) is 7.91. The van der Waals surface area contributed by atoms with Gasteiger partial charge in [0.2, 0.25) is 0 Å². The highest BCUT2D eigenvalue weighted by Gasteiger charge is 2.10. The lowest BCUT2D eigenvalue weighted by Crippen LogP contribution is -2.38. The number of nitrogens with two attached hydrogens (primary N) is 1. The Kier molecular flexibility index (Phi) is 5.87. The van der Waals surface area contributed by atoms with E-state index in [1.807, 2.05) is 25.1 Å². The Morgan fingerprint density at radius 2 is 2.15 bits per heavy atom. The summed E-state index contributed by atoms with van der Waals surface area (Å²) in [6.45, 7) is 7.59. The third kappa shape index (κ3) is 4.53. The van der Waals surface area contributed by atoms with Crippen molar-refractivity contribution in [1.29, 1.82) is 0 Å². The molecule has 108 valence electrons. The van der Waals surface area contributed by atoms with Crippen molar-refractivity contribution in [1.82, 2.24) is 4.90 Å². The lowest BCUT2D eigenvalue weighted by molar-refractivity contribution is 0.0322. The third-order valence-electron chi connectivity index (χ3n) is 3.23. The Morgan fingerprint density at radius 1 is 1.35 bits per heavy atom. The van der Waals surface area contributed by atoms with E-state index < -0.39 is 0 Å². The first kappa shape index (κ1) is 14.9. The van der Waals surface area contributed by atoms with Gasteiger partial charge in [0.1, 0.15) is 12.4 Å². The van der Waals surface area contributed by atoms with Gasteiger partial charge < -0.3 is 15.2 Å². The van der Waals surface area contributed by atoms with E-state index in [9.17, 15) is 0 Å². The molecule has 0 atom stereocenters. The summed E-state index contributed by atoms with van der Waals surface area (Å²) < 4.78 is 11.2. The molecular weight excluding hydrogens is 252 g/mol. The van der Waals surface area contributed by atoms with Gasteiger partial charge in [0.15, 0.2) is 0 Å². The Balaban J connectivity index is 1.91. The van der Waals surface area contributed by atoms with Gasteiger partial charge in [0, 0.05) is 19.6 Å². The van der Waals surface area contributed by atoms with E-state index in [4.69, 9.17) is 15.2 Å². The molecule has 1 aromatic carbocycles. The molecule has 0 bridgehead atoms. The summed E-state index contributed by atoms with van der Waals surface area (Å²) in [6.07, 6.45) is 0. The van der Waals surface area contributed by atoms with Crippen molar-refractivity contribution in [2.24, 2.45) is 5.73 Å². The van der Waals surface area contributed by atoms with Crippen LogP contribution in [0.3, 0.4) is 0 Å². The molecular formula is C16H22N2O2. The van der Waals surface area contributed by atoms with Crippen molar-refractivity contribution in [3.8, 4) is 17.6 Å². The van der Waals surface area contributed by atoms with Crippen molar-refractivity contribution < 1.29 is 9.47 Å². The molecule has 1 saturated heterocycles. The highest BCUT2D eigenvalue weighted by molar-refractivity contribution is 5.48. The smallest absolute Gasteiger partial charge is 0.134 e. The number of benzene rings is 1. The minimum atomic E-state index is 0.362. The maximum Gasteiger partial charge on any atom is 0.134 e. The summed E-state index contributed by atoms with van der Waals surface area (Å²) in [5, 5.41) is 0. The van der Waals surface area contributed by atoms with Gasteiger partial charge in [-0.3, -0.25) is 4.90 Å². The lowest BCUT2D eigenvalue weighted by Gasteiger charge is -2.26. The third-order valence-corrected chi connectivity index (χ3v) is 3.23. The Bertz CT molecular complexity index is 485. The molecule has 0 saturated carbocycles. The van der Waals surface area contributed by atoms with E-state index in [1.54, 1.807) is 0 Å². The number of nitrogens with zero attached hydrogens (tertiary/aromatic N) is 1. The number of rotatable bonds is 4. The molecule has 0 radical (unpaired) electrons. The van der Waals surface area contributed by atoms with E-state index in [0.29, 0.717) is 13.2 Å². The van der Waals surface area contributed by atoms with E-state index in [1.165, 1.54) is 5.56 Å². The first-order chi connectivity index (χ1) is 9.79. The van der Waals surface area contributed by atoms with Crippen LogP contribution in [0.15, 0.2) is 18.2 Å². The average Bonchev–Trinajstić information content (AvgIpc) is 2.48. The van der Waals surface area contributed by atoms with Crippen LogP contribution in [0.1, 0.15) is 11.1 Å². The summed E-state index contributed by atoms with van der Waals surface area (Å²) in [5.41, 5.74) is 7.52. The summed E-state index contributed by atoms with van der Waals surface area (Å²) in [5.74, 6) is 6.79. The van der Waals surface area contributed by atoms with Crippen LogP contribution in [0.25, 0.3) is 0 Å². The van der Waals surface area contributed by atoms with Gasteiger partial charge in [0.25, 0.3) is 0 Å². The number of aryl methyl sites for hydroxylation is 1. The van der Waals surface area contributed by atoms with Gasteiger partial charge in [-0.2, -0.15) is 0 Å². The zero-order chi connectivity index (χ0) is 14.2. The Morgan fingerprint density at radius 3 is 2.90 bits per heavy atom. The topological polar surface area (TPSA) is 47.7 Å². The quantitative estimate of drug-likeness (QED) is 0.833. The monoisotopic (exact) mass is 274 g/mol. The van der Waals surface area contributed by atoms with E-state index in [2.05, 4.69) is 16.7 Å². The van der Waals surface area contributed by atoms with Crippen molar-refractivity contribution in [2.75, 3.05) is 46.0 Å². The molecule has 1 aromatic rings. The molecule has 0 aliphatic carbocycles. The number of morpholine rings is 1. The molecule has 20 heavy (non-hydrogen) atoms. The number of hydrogen-bond donors (Lipinski definition) is 1. The van der Waals surface area contributed by atoms with Crippen molar-refractivity contribution in [3.05, 3.63) is 29.3 Å². The Labute approximate surface area is 120 Å². The number of ether oxygens (including phenoxy) is 2. The Hall–Kier alpha value is -1.54. The maximum absolute atomic E-state index is 5.87. The normalized spacial score (nSPS) is 15.5. The van der Waals surface area contributed by atoms with Crippen LogP contribution in [0.5, 0.6) is 5.75 Å². The van der Waals surface area contributed by atoms with Crippen LogP contribution < -0.4 is 10.5 Å². The standard InChI is InChI=1S/C16H22N2O2/c1-14-4-5-16(15(13-14)3-2-6-17)20-12-9-18-7-10-19-11-8-18/h4-5,13H,6-12,17H2,1H3. The highest BCUT2D eigenvalue weighted by Crippen LogP contribution is 2.19. The SMILES string of the molecule is Cc1ccc(OCCN2CCOCC2)c(C#CCN)c1. The molecule has 0 spiro atoms. The first-order valence-corrected chi connectivity index (χ1v) is 7.02. The fourth-order valence-corrected chi connectivity index (χ4v) is 2.12. The van der Waals surface area contributed by atoms with Crippen LogP contribution in [0, 0.1) is 18.8 Å². The zero-order valence-corrected chi connectivity index (χ0v) is 12.0. The molecule has 2 N–H and O–H groups in total. The predicted octanol–water partition coefficient (Wildman–Crippen LogP) is 1.02. The van der Waals surface area contributed by atoms with E-state index in [-0.39, 0.29) is 0 Å². The molecule has 1 aliphatic heterocycles. The second-order valence-electron chi connectivity index (χ2n) is 4.81. The molecule has 1 aliphatic rings. The highest BCUT2D eigenvalue weighted by atomic mass is 16.5. The second-order valence-corrected chi connectivity index (χ2v) is 4.81. The lowest BCUT2D eigenvalue weighted by atomic mass is 10.1. The van der Waals surface area contributed by atoms with Crippen LogP contribution in [-0.2, 0) is 4.74 Å². The van der Waals surface area contributed by atoms with Gasteiger partial charge in [-0.15, -0.1) is 0 Å². The van der Waals surface area contributed by atoms with Crippen LogP contribution in [-0.4, -0.2) is 50.9 Å². The molecule has 0 unspecified atom stereocenters. The van der Waals surface area contributed by atoms with Crippen molar-refractivity contribution in [2.45, 2.75) is 6.92 Å². The van der Waals surface area contributed by atoms with Crippen molar-refractivity contribution in [3.63, 3.8) is 0 Å². The van der Waals surface area contributed by atoms with E-state index >= 15 is 0 Å². The molecule has 2 rings (SSSR count). The van der Waals surface area contributed by atoms with E-state index in [0.717, 1.165) is 44.2 Å². The molecule has 4 heteroatoms. The van der Waals surface area contributed by atoms with Crippen LogP contribution in [0.2, 0.25) is 0 Å². The van der Waals surface area contributed by atoms with Gasteiger partial charge in [-0.05, 0) is 24.6 Å². The van der Waals surface area contributed by atoms with Crippen LogP contribution in [0.4, 0.5) is 0 Å². The van der Waals surface area contributed by atoms with Gasteiger partial charge in [0.05, 0.1) is 25.3 Å². The molecule has 1 fully saturated rings. The molecule has 4 nitrogen and oxygen atoms in total. The minimum absolute atomic E-state index is 0.362. The fraction of sp³-hybridized carbons (Fsp3) is 0.500. The van der Waals surface area contributed by atoms with Gasteiger partial charge in [-0.1, -0.05) is 17.9 Å². The zero-order valence-electron chi connectivity index (χ0n) is 12.0. The van der Waals surface area contributed by atoms with Gasteiger partial charge in [-0.25, -0.2) is 0 Å². The first-order valence-electron chi connectivity index (χ1n) is 7.02. The summed E-state index contributed by atoms with van der Waals surface area (Å²) in [6, 6.07) is 6.06. The summed E-state index contributed by atoms with van der Waals surface area (Å²) >= 11 is 0. The summed E-state index contributed by atoms with van der Waals surface area (Å²) in [7, 11) is 0. The fourth-order valence-electron chi connectivity index (χ4n) is 2.12. The minimum Gasteiger partial charge on any atom is -0.491 e. The van der Waals surface area contributed by atoms with Gasteiger partial charge >= 0.3 is 0 Å². The molecule has 0 aromatic heterocycles. The van der Waals surface area contributed by atoms with Crippen LogP contribution >= 0.6 is 0 Å². The predicted molar refractivity (Wildman–Crippen MR) is 79.9 cm³/mol. The average molecular weight is 274 g/mol. The molecule has 0 amide bonds. The largest absolute Gasteiger partial charge is 0.491 e.